The fourth-order valence-corrected chi connectivity index (χ4v) is 1.94. The lowest BCUT2D eigenvalue weighted by Gasteiger charge is -2.08. The average Bonchev–Trinajstić information content (AvgIpc) is 2.45. The van der Waals surface area contributed by atoms with E-state index in [1.54, 1.807) is 0 Å². The van der Waals surface area contributed by atoms with Crippen LogP contribution < -0.4 is 5.32 Å². The number of nitrogens with one attached hydrogen (secondary N) is 1. The van der Waals surface area contributed by atoms with E-state index >= 15 is 0 Å². The molecule has 19 heavy (non-hydrogen) atoms. The number of aromatic nitrogens is 2. The second kappa shape index (κ2) is 6.29. The summed E-state index contributed by atoms with van der Waals surface area (Å²) in [7, 11) is 0. The van der Waals surface area contributed by atoms with E-state index in [1.165, 1.54) is 18.0 Å². The second-order valence-electron chi connectivity index (χ2n) is 4.03. The number of hydrogen-bond donors (Lipinski definition) is 1. The summed E-state index contributed by atoms with van der Waals surface area (Å²) >= 11 is 5.70. The molecule has 1 heterocycles. The van der Waals surface area contributed by atoms with E-state index in [4.69, 9.17) is 11.6 Å². The van der Waals surface area contributed by atoms with E-state index in [9.17, 15) is 4.79 Å². The van der Waals surface area contributed by atoms with Gasteiger partial charge in [0.1, 0.15) is 10.8 Å². The third-order valence-electron chi connectivity index (χ3n) is 2.78. The van der Waals surface area contributed by atoms with Crippen LogP contribution in [0.4, 0.5) is 0 Å². The van der Waals surface area contributed by atoms with E-state index in [1.807, 2.05) is 18.2 Å². The first kappa shape index (κ1) is 13.5. The molecule has 1 aromatic heterocycles. The minimum Gasteiger partial charge on any atom is -0.347 e. The van der Waals surface area contributed by atoms with Crippen molar-refractivity contribution >= 4 is 17.5 Å². The van der Waals surface area contributed by atoms with Crippen molar-refractivity contribution in [1.82, 2.24) is 15.3 Å². The highest BCUT2D eigenvalue weighted by Crippen LogP contribution is 2.09. The number of carbonyl (C=O) groups excluding carboxylic acids is 1. The Morgan fingerprint density at radius 2 is 2.00 bits per heavy atom. The SMILES string of the molecule is CCc1ccccc1CNC(=O)c1cncc(Cl)n1. The lowest BCUT2D eigenvalue weighted by Crippen LogP contribution is -2.24. The van der Waals surface area contributed by atoms with Crippen LogP contribution in [0.25, 0.3) is 0 Å². The normalized spacial score (nSPS) is 10.2. The van der Waals surface area contributed by atoms with E-state index in [2.05, 4.69) is 28.3 Å². The third kappa shape index (κ3) is 3.51. The van der Waals surface area contributed by atoms with Gasteiger partial charge in [-0.1, -0.05) is 42.8 Å². The molecule has 0 aliphatic heterocycles. The molecule has 2 aromatic rings. The number of halogens is 1. The molecule has 0 saturated carbocycles. The van der Waals surface area contributed by atoms with E-state index in [0.717, 1.165) is 12.0 Å². The van der Waals surface area contributed by atoms with Crippen LogP contribution in [0.1, 0.15) is 28.5 Å². The van der Waals surface area contributed by atoms with Crippen molar-refractivity contribution in [2.45, 2.75) is 19.9 Å². The maximum absolute atomic E-state index is 11.9. The van der Waals surface area contributed by atoms with Crippen molar-refractivity contribution in [2.24, 2.45) is 0 Å². The highest BCUT2D eigenvalue weighted by atomic mass is 35.5. The average molecular weight is 276 g/mol. The Morgan fingerprint density at radius 1 is 1.26 bits per heavy atom. The Morgan fingerprint density at radius 3 is 2.68 bits per heavy atom. The first-order valence-electron chi connectivity index (χ1n) is 6.03. The molecule has 2 rings (SSSR count). The lowest BCUT2D eigenvalue weighted by molar-refractivity contribution is 0.0945. The predicted octanol–water partition coefficient (Wildman–Crippen LogP) is 2.62. The molecule has 0 bridgehead atoms. The quantitative estimate of drug-likeness (QED) is 0.933. The molecule has 1 amide bonds. The van der Waals surface area contributed by atoms with E-state index < -0.39 is 0 Å². The van der Waals surface area contributed by atoms with Crippen LogP contribution in [0.15, 0.2) is 36.7 Å². The Bertz CT molecular complexity index is 586. The van der Waals surface area contributed by atoms with Crippen molar-refractivity contribution in [3.8, 4) is 0 Å². The minimum absolute atomic E-state index is 0.210. The molecular weight excluding hydrogens is 262 g/mol. The van der Waals surface area contributed by atoms with Gasteiger partial charge in [-0.3, -0.25) is 9.78 Å². The number of carbonyl (C=O) groups is 1. The highest BCUT2D eigenvalue weighted by molar-refractivity contribution is 6.29. The predicted molar refractivity (Wildman–Crippen MR) is 74.0 cm³/mol. The summed E-state index contributed by atoms with van der Waals surface area (Å²) < 4.78 is 0. The van der Waals surface area contributed by atoms with E-state index in [-0.39, 0.29) is 16.8 Å². The second-order valence-corrected chi connectivity index (χ2v) is 4.42. The van der Waals surface area contributed by atoms with Gasteiger partial charge in [-0.05, 0) is 17.5 Å². The van der Waals surface area contributed by atoms with Gasteiger partial charge >= 0.3 is 0 Å². The molecule has 0 radical (unpaired) electrons. The summed E-state index contributed by atoms with van der Waals surface area (Å²) in [4.78, 5) is 19.7. The summed E-state index contributed by atoms with van der Waals surface area (Å²) in [5, 5.41) is 3.03. The first-order valence-corrected chi connectivity index (χ1v) is 6.41. The van der Waals surface area contributed by atoms with E-state index in [0.29, 0.717) is 6.54 Å². The van der Waals surface area contributed by atoms with Gasteiger partial charge in [0, 0.05) is 6.54 Å². The molecule has 0 fully saturated rings. The summed E-state index contributed by atoms with van der Waals surface area (Å²) in [5.74, 6) is -0.277. The van der Waals surface area contributed by atoms with Crippen molar-refractivity contribution < 1.29 is 4.79 Å². The molecule has 0 atom stereocenters. The van der Waals surface area contributed by atoms with Crippen LogP contribution in [0, 0.1) is 0 Å². The largest absolute Gasteiger partial charge is 0.347 e. The van der Waals surface area contributed by atoms with Gasteiger partial charge in [-0.15, -0.1) is 0 Å². The maximum Gasteiger partial charge on any atom is 0.271 e. The molecular formula is C14H14ClN3O. The van der Waals surface area contributed by atoms with Crippen LogP contribution in [-0.4, -0.2) is 15.9 Å². The molecule has 1 aromatic carbocycles. The van der Waals surface area contributed by atoms with Crippen LogP contribution in [-0.2, 0) is 13.0 Å². The lowest BCUT2D eigenvalue weighted by atomic mass is 10.1. The van der Waals surface area contributed by atoms with Crippen molar-refractivity contribution in [1.29, 1.82) is 0 Å². The molecule has 5 heteroatoms. The molecule has 0 unspecified atom stereocenters. The molecule has 0 spiro atoms. The van der Waals surface area contributed by atoms with Crippen molar-refractivity contribution in [2.75, 3.05) is 0 Å². The molecule has 1 N–H and O–H groups in total. The summed E-state index contributed by atoms with van der Waals surface area (Å²) in [6, 6.07) is 8.01. The number of nitrogens with zero attached hydrogens (tertiary/aromatic N) is 2. The summed E-state index contributed by atoms with van der Waals surface area (Å²) in [6.45, 7) is 2.56. The Hall–Kier alpha value is -1.94. The van der Waals surface area contributed by atoms with Crippen LogP contribution in [0.3, 0.4) is 0 Å². The highest BCUT2D eigenvalue weighted by Gasteiger charge is 2.08. The van der Waals surface area contributed by atoms with Gasteiger partial charge in [0.15, 0.2) is 0 Å². The van der Waals surface area contributed by atoms with Crippen LogP contribution >= 0.6 is 11.6 Å². The van der Waals surface area contributed by atoms with Gasteiger partial charge in [0.05, 0.1) is 12.4 Å². The zero-order valence-corrected chi connectivity index (χ0v) is 11.3. The molecule has 0 aliphatic carbocycles. The summed E-state index contributed by atoms with van der Waals surface area (Å²) in [6.07, 6.45) is 3.72. The zero-order chi connectivity index (χ0) is 13.7. The standard InChI is InChI=1S/C14H14ClN3O/c1-2-10-5-3-4-6-11(10)7-17-14(19)12-8-16-9-13(15)18-12/h3-6,8-9H,2,7H2,1H3,(H,17,19). The van der Waals surface area contributed by atoms with Crippen LogP contribution in [0.2, 0.25) is 5.15 Å². The molecule has 4 nitrogen and oxygen atoms in total. The third-order valence-corrected chi connectivity index (χ3v) is 2.96. The van der Waals surface area contributed by atoms with Gasteiger partial charge < -0.3 is 5.32 Å². The summed E-state index contributed by atoms with van der Waals surface area (Å²) in [5.41, 5.74) is 2.55. The fourth-order valence-electron chi connectivity index (χ4n) is 1.79. The Kier molecular flexibility index (Phi) is 4.47. The molecule has 0 saturated heterocycles. The topological polar surface area (TPSA) is 54.9 Å². The smallest absolute Gasteiger partial charge is 0.271 e. The van der Waals surface area contributed by atoms with Gasteiger partial charge in [-0.25, -0.2) is 4.98 Å². The van der Waals surface area contributed by atoms with Crippen molar-refractivity contribution in [3.63, 3.8) is 0 Å². The monoisotopic (exact) mass is 275 g/mol. The van der Waals surface area contributed by atoms with Gasteiger partial charge in [-0.2, -0.15) is 0 Å². The number of aryl methyl sites for hydroxylation is 1. The Labute approximate surface area is 116 Å². The number of benzene rings is 1. The zero-order valence-electron chi connectivity index (χ0n) is 10.6. The minimum atomic E-state index is -0.277. The molecule has 98 valence electrons. The number of hydrogen-bond acceptors (Lipinski definition) is 3. The van der Waals surface area contributed by atoms with Gasteiger partial charge in [0.25, 0.3) is 5.91 Å². The first-order chi connectivity index (χ1) is 9.20. The molecule has 0 aliphatic rings. The van der Waals surface area contributed by atoms with Crippen molar-refractivity contribution in [3.05, 3.63) is 58.6 Å². The fraction of sp³-hybridized carbons (Fsp3) is 0.214. The Balaban J connectivity index is 2.04. The number of amides is 1. The number of rotatable bonds is 4. The van der Waals surface area contributed by atoms with Gasteiger partial charge in [0.2, 0.25) is 0 Å². The maximum atomic E-state index is 11.9. The van der Waals surface area contributed by atoms with Crippen LogP contribution in [0.5, 0.6) is 0 Å².